The van der Waals surface area contributed by atoms with Crippen LogP contribution < -0.4 is 5.32 Å². The van der Waals surface area contributed by atoms with E-state index in [1.807, 2.05) is 45.0 Å². The van der Waals surface area contributed by atoms with Crippen LogP contribution in [0.3, 0.4) is 0 Å². The van der Waals surface area contributed by atoms with Crippen molar-refractivity contribution in [2.24, 2.45) is 0 Å². The molecule has 0 aliphatic heterocycles. The summed E-state index contributed by atoms with van der Waals surface area (Å²) >= 11 is 1.61. The molecular formula is C20H22N2OS. The minimum absolute atomic E-state index is 0.136. The van der Waals surface area contributed by atoms with Gasteiger partial charge < -0.3 is 5.32 Å². The first-order valence-electron chi connectivity index (χ1n) is 8.03. The van der Waals surface area contributed by atoms with Crippen molar-refractivity contribution in [2.45, 2.75) is 40.2 Å². The summed E-state index contributed by atoms with van der Waals surface area (Å²) in [7, 11) is 0. The molecule has 2 aromatic rings. The molecular weight excluding hydrogens is 316 g/mol. The van der Waals surface area contributed by atoms with Gasteiger partial charge in [-0.25, -0.2) is 0 Å². The maximum Gasteiger partial charge on any atom is 0.262 e. The van der Waals surface area contributed by atoms with E-state index in [0.717, 1.165) is 28.0 Å². The van der Waals surface area contributed by atoms with E-state index in [0.29, 0.717) is 0 Å². The minimum atomic E-state index is -0.336. The zero-order chi connectivity index (χ0) is 17.7. The number of hydrogen-bond donors (Lipinski definition) is 1. The fourth-order valence-electron chi connectivity index (χ4n) is 2.53. The fourth-order valence-corrected chi connectivity index (χ4v) is 3.43. The van der Waals surface area contributed by atoms with Gasteiger partial charge in [-0.05, 0) is 56.5 Å². The third-order valence-corrected chi connectivity index (χ3v) is 5.11. The quantitative estimate of drug-likeness (QED) is 0.634. The highest BCUT2D eigenvalue weighted by Crippen LogP contribution is 2.21. The van der Waals surface area contributed by atoms with E-state index in [4.69, 9.17) is 0 Å². The highest BCUT2D eigenvalue weighted by atomic mass is 32.1. The number of carbonyl (C=O) groups is 1. The second-order valence-corrected chi connectivity index (χ2v) is 7.08. The number of nitriles is 1. The van der Waals surface area contributed by atoms with Crippen LogP contribution >= 0.6 is 11.3 Å². The van der Waals surface area contributed by atoms with Gasteiger partial charge in [0.15, 0.2) is 0 Å². The average molecular weight is 338 g/mol. The number of benzene rings is 1. The first-order valence-corrected chi connectivity index (χ1v) is 8.84. The highest BCUT2D eigenvalue weighted by molar-refractivity contribution is 7.12. The van der Waals surface area contributed by atoms with Crippen LogP contribution in [0.25, 0.3) is 6.08 Å². The molecule has 1 N–H and O–H groups in total. The monoisotopic (exact) mass is 338 g/mol. The van der Waals surface area contributed by atoms with E-state index in [-0.39, 0.29) is 17.5 Å². The maximum atomic E-state index is 12.4. The average Bonchev–Trinajstić information content (AvgIpc) is 3.02. The Morgan fingerprint density at radius 3 is 2.71 bits per heavy atom. The number of nitrogens with one attached hydrogen (secondary N) is 1. The Morgan fingerprint density at radius 1 is 1.33 bits per heavy atom. The van der Waals surface area contributed by atoms with Crippen LogP contribution in [0.1, 0.15) is 46.3 Å². The number of rotatable bonds is 5. The molecule has 1 heterocycles. The molecule has 1 aromatic heterocycles. The van der Waals surface area contributed by atoms with Crippen LogP contribution in [0, 0.1) is 25.2 Å². The Hall–Kier alpha value is -2.38. The van der Waals surface area contributed by atoms with Crippen molar-refractivity contribution in [1.82, 2.24) is 5.32 Å². The van der Waals surface area contributed by atoms with Gasteiger partial charge in [0.2, 0.25) is 0 Å². The van der Waals surface area contributed by atoms with Gasteiger partial charge in [-0.1, -0.05) is 30.7 Å². The number of aryl methyl sites for hydroxylation is 3. The molecule has 0 saturated carbocycles. The van der Waals surface area contributed by atoms with Gasteiger partial charge in [0.1, 0.15) is 11.6 Å². The standard InChI is InChI=1S/C20H22N2OS/c1-5-17-8-9-18(24-17)11-16(12-21)20(23)22-15(4)19-10-13(2)6-7-14(19)3/h6-11,15H,5H2,1-4H3,(H,22,23)/b16-11+/t15-/m0/s1. The van der Waals surface area contributed by atoms with Crippen molar-refractivity contribution in [3.05, 3.63) is 62.3 Å². The van der Waals surface area contributed by atoms with Gasteiger partial charge >= 0.3 is 0 Å². The lowest BCUT2D eigenvalue weighted by molar-refractivity contribution is -0.117. The van der Waals surface area contributed by atoms with Gasteiger partial charge in [0, 0.05) is 9.75 Å². The molecule has 4 heteroatoms. The van der Waals surface area contributed by atoms with Crippen molar-refractivity contribution < 1.29 is 4.79 Å². The van der Waals surface area contributed by atoms with Crippen molar-refractivity contribution in [3.8, 4) is 6.07 Å². The van der Waals surface area contributed by atoms with E-state index in [2.05, 4.69) is 24.4 Å². The summed E-state index contributed by atoms with van der Waals surface area (Å²) in [5.41, 5.74) is 3.49. The molecule has 124 valence electrons. The van der Waals surface area contributed by atoms with Gasteiger partial charge in [-0.2, -0.15) is 5.26 Å². The third-order valence-electron chi connectivity index (χ3n) is 3.93. The molecule has 1 amide bonds. The van der Waals surface area contributed by atoms with Crippen LogP contribution in [-0.4, -0.2) is 5.91 Å². The summed E-state index contributed by atoms with van der Waals surface area (Å²) in [5.74, 6) is -0.336. The molecule has 0 aliphatic rings. The molecule has 1 aromatic carbocycles. The predicted molar refractivity (Wildman–Crippen MR) is 99.8 cm³/mol. The molecule has 3 nitrogen and oxygen atoms in total. The normalized spacial score (nSPS) is 12.5. The summed E-state index contributed by atoms with van der Waals surface area (Å²) in [4.78, 5) is 14.6. The van der Waals surface area contributed by atoms with Gasteiger partial charge in [-0.3, -0.25) is 4.79 Å². The summed E-state index contributed by atoms with van der Waals surface area (Å²) in [6.45, 7) is 8.08. The van der Waals surface area contributed by atoms with Gasteiger partial charge in [0.05, 0.1) is 6.04 Å². The molecule has 2 rings (SSSR count). The van der Waals surface area contributed by atoms with Crippen molar-refractivity contribution in [1.29, 1.82) is 5.26 Å². The van der Waals surface area contributed by atoms with Crippen molar-refractivity contribution in [2.75, 3.05) is 0 Å². The molecule has 0 unspecified atom stereocenters. The Bertz CT molecular complexity index is 811. The highest BCUT2D eigenvalue weighted by Gasteiger charge is 2.15. The van der Waals surface area contributed by atoms with E-state index < -0.39 is 0 Å². The first kappa shape index (κ1) is 18.0. The zero-order valence-corrected chi connectivity index (χ0v) is 15.3. The Morgan fingerprint density at radius 2 is 2.08 bits per heavy atom. The topological polar surface area (TPSA) is 52.9 Å². The van der Waals surface area contributed by atoms with E-state index in [9.17, 15) is 10.1 Å². The first-order chi connectivity index (χ1) is 11.4. The molecule has 0 fully saturated rings. The molecule has 0 aliphatic carbocycles. The van der Waals surface area contributed by atoms with Crippen LogP contribution in [0.2, 0.25) is 0 Å². The molecule has 0 spiro atoms. The second kappa shape index (κ2) is 7.94. The largest absolute Gasteiger partial charge is 0.345 e. The van der Waals surface area contributed by atoms with Crippen LogP contribution in [-0.2, 0) is 11.2 Å². The summed E-state index contributed by atoms with van der Waals surface area (Å²) < 4.78 is 0. The smallest absolute Gasteiger partial charge is 0.262 e. The Kier molecular flexibility index (Phi) is 5.94. The number of thiophene rings is 1. The lowest BCUT2D eigenvalue weighted by Crippen LogP contribution is -2.28. The fraction of sp³-hybridized carbons (Fsp3) is 0.300. The summed E-state index contributed by atoms with van der Waals surface area (Å²) in [6.07, 6.45) is 2.62. The molecule has 1 atom stereocenters. The van der Waals surface area contributed by atoms with E-state index in [1.165, 1.54) is 4.88 Å². The predicted octanol–water partition coefficient (Wildman–Crippen LogP) is 4.71. The minimum Gasteiger partial charge on any atom is -0.345 e. The number of carbonyl (C=O) groups excluding carboxylic acids is 1. The number of hydrogen-bond acceptors (Lipinski definition) is 3. The number of amides is 1. The lowest BCUT2D eigenvalue weighted by atomic mass is 10.00. The Labute approximate surface area is 147 Å². The van der Waals surface area contributed by atoms with Crippen molar-refractivity contribution >= 4 is 23.3 Å². The second-order valence-electron chi connectivity index (χ2n) is 5.88. The maximum absolute atomic E-state index is 12.4. The van der Waals surface area contributed by atoms with Crippen LogP contribution in [0.4, 0.5) is 0 Å². The Balaban J connectivity index is 2.17. The van der Waals surface area contributed by atoms with Gasteiger partial charge in [0.25, 0.3) is 5.91 Å². The SMILES string of the molecule is CCc1ccc(/C=C(\C#N)C(=O)N[C@@H](C)c2cc(C)ccc2C)s1. The zero-order valence-electron chi connectivity index (χ0n) is 14.5. The van der Waals surface area contributed by atoms with Crippen molar-refractivity contribution in [3.63, 3.8) is 0 Å². The van der Waals surface area contributed by atoms with E-state index in [1.54, 1.807) is 17.4 Å². The number of nitrogens with zero attached hydrogens (tertiary/aromatic N) is 1. The summed E-state index contributed by atoms with van der Waals surface area (Å²) in [5, 5.41) is 12.3. The van der Waals surface area contributed by atoms with E-state index >= 15 is 0 Å². The molecule has 24 heavy (non-hydrogen) atoms. The molecule has 0 radical (unpaired) electrons. The van der Waals surface area contributed by atoms with Crippen LogP contribution in [0.15, 0.2) is 35.9 Å². The van der Waals surface area contributed by atoms with Crippen LogP contribution in [0.5, 0.6) is 0 Å². The van der Waals surface area contributed by atoms with Gasteiger partial charge in [-0.15, -0.1) is 11.3 Å². The molecule has 0 bridgehead atoms. The molecule has 0 saturated heterocycles. The third kappa shape index (κ3) is 4.33. The summed E-state index contributed by atoms with van der Waals surface area (Å²) in [6, 6.07) is 12.0. The lowest BCUT2D eigenvalue weighted by Gasteiger charge is -2.17.